The van der Waals surface area contributed by atoms with Crippen LogP contribution in [0.5, 0.6) is 0 Å². The number of fused-ring (bicyclic) bond motifs is 1. The van der Waals surface area contributed by atoms with E-state index in [2.05, 4.69) is 4.98 Å². The quantitative estimate of drug-likeness (QED) is 0.483. The van der Waals surface area contributed by atoms with Crippen molar-refractivity contribution in [2.24, 2.45) is 0 Å². The molecule has 22 heavy (non-hydrogen) atoms. The van der Waals surface area contributed by atoms with Crippen molar-refractivity contribution in [1.29, 1.82) is 0 Å². The summed E-state index contributed by atoms with van der Waals surface area (Å²) in [6.45, 7) is 0.310. The summed E-state index contributed by atoms with van der Waals surface area (Å²) >= 11 is 5.62. The zero-order chi connectivity index (χ0) is 15.9. The van der Waals surface area contributed by atoms with Gasteiger partial charge in [-0.15, -0.1) is 0 Å². The highest BCUT2D eigenvalue weighted by Crippen LogP contribution is 2.29. The number of pyridine rings is 1. The lowest BCUT2D eigenvalue weighted by Crippen LogP contribution is -2.05. The summed E-state index contributed by atoms with van der Waals surface area (Å²) in [5.74, 6) is -0.637. The van der Waals surface area contributed by atoms with Crippen LogP contribution in [-0.4, -0.2) is 9.55 Å². The molecular formula is C15H9ClF4N2. The van der Waals surface area contributed by atoms with Crippen molar-refractivity contribution >= 4 is 22.6 Å². The fourth-order valence-electron chi connectivity index (χ4n) is 2.20. The van der Waals surface area contributed by atoms with Gasteiger partial charge in [-0.1, -0.05) is 23.7 Å². The Morgan fingerprint density at radius 2 is 1.77 bits per heavy atom. The molecular weight excluding hydrogens is 320 g/mol. The van der Waals surface area contributed by atoms with E-state index in [4.69, 9.17) is 11.6 Å². The smallest absolute Gasteiger partial charge is 0.342 e. The van der Waals surface area contributed by atoms with Crippen LogP contribution in [0.4, 0.5) is 17.6 Å². The average Bonchev–Trinajstić information content (AvgIpc) is 2.81. The molecule has 0 unspecified atom stereocenters. The highest BCUT2D eigenvalue weighted by Gasteiger charge is 2.29. The van der Waals surface area contributed by atoms with Gasteiger partial charge in [0, 0.05) is 18.8 Å². The van der Waals surface area contributed by atoms with Crippen molar-refractivity contribution < 1.29 is 17.6 Å². The molecule has 0 aliphatic rings. The van der Waals surface area contributed by atoms with Gasteiger partial charge in [0.15, 0.2) is 11.0 Å². The van der Waals surface area contributed by atoms with E-state index in [1.807, 2.05) is 0 Å². The van der Waals surface area contributed by atoms with E-state index in [-0.39, 0.29) is 5.15 Å². The van der Waals surface area contributed by atoms with Crippen LogP contribution in [0.1, 0.15) is 11.1 Å². The van der Waals surface area contributed by atoms with E-state index in [9.17, 15) is 17.6 Å². The Hall–Kier alpha value is -2.08. The first kappa shape index (κ1) is 14.8. The number of hydrogen-bond acceptors (Lipinski definition) is 1. The molecule has 0 bridgehead atoms. The fourth-order valence-corrected chi connectivity index (χ4v) is 2.34. The van der Waals surface area contributed by atoms with Gasteiger partial charge >= 0.3 is 6.18 Å². The zero-order valence-electron chi connectivity index (χ0n) is 11.0. The zero-order valence-corrected chi connectivity index (χ0v) is 11.8. The van der Waals surface area contributed by atoms with E-state index in [0.717, 1.165) is 12.1 Å². The number of alkyl halides is 3. The van der Waals surface area contributed by atoms with E-state index < -0.39 is 17.6 Å². The maximum atomic E-state index is 13.5. The third kappa shape index (κ3) is 2.78. The van der Waals surface area contributed by atoms with Gasteiger partial charge in [-0.2, -0.15) is 13.2 Å². The van der Waals surface area contributed by atoms with E-state index in [1.165, 1.54) is 18.2 Å². The number of halogens is 5. The van der Waals surface area contributed by atoms with Crippen LogP contribution < -0.4 is 0 Å². The van der Waals surface area contributed by atoms with Crippen LogP contribution in [0.15, 0.2) is 42.6 Å². The second kappa shape index (κ2) is 5.28. The number of benzene rings is 1. The Balaban J connectivity index is 1.92. The predicted molar refractivity (Wildman–Crippen MR) is 75.2 cm³/mol. The molecule has 0 radical (unpaired) electrons. The standard InChI is InChI=1S/C15H9ClF4N2/c16-14-11(17)7-13-12(21-14)5-6-22(13)8-9-1-3-10(4-2-9)15(18,19)20/h1-7H,8H2. The van der Waals surface area contributed by atoms with Gasteiger partial charge in [-0.25, -0.2) is 9.37 Å². The number of aromatic nitrogens is 2. The summed E-state index contributed by atoms with van der Waals surface area (Å²) in [7, 11) is 0. The topological polar surface area (TPSA) is 17.8 Å². The first-order valence-corrected chi connectivity index (χ1v) is 6.69. The molecule has 0 spiro atoms. The van der Waals surface area contributed by atoms with Crippen molar-refractivity contribution in [3.8, 4) is 0 Å². The molecule has 0 saturated carbocycles. The molecule has 0 aliphatic heterocycles. The average molecular weight is 329 g/mol. The molecule has 2 heterocycles. The van der Waals surface area contributed by atoms with Gasteiger partial charge in [0.1, 0.15) is 0 Å². The Morgan fingerprint density at radius 1 is 1.09 bits per heavy atom. The van der Waals surface area contributed by atoms with Crippen molar-refractivity contribution in [2.75, 3.05) is 0 Å². The van der Waals surface area contributed by atoms with E-state index in [0.29, 0.717) is 23.1 Å². The monoisotopic (exact) mass is 328 g/mol. The molecule has 0 amide bonds. The predicted octanol–water partition coefficient (Wildman–Crippen LogP) is 4.90. The molecule has 0 fully saturated rings. The highest BCUT2D eigenvalue weighted by atomic mass is 35.5. The van der Waals surface area contributed by atoms with Crippen LogP contribution in [0.25, 0.3) is 11.0 Å². The van der Waals surface area contributed by atoms with Gasteiger partial charge in [-0.3, -0.25) is 0 Å². The van der Waals surface area contributed by atoms with Gasteiger partial charge in [0.2, 0.25) is 0 Å². The molecule has 0 atom stereocenters. The first-order valence-electron chi connectivity index (χ1n) is 6.31. The second-order valence-corrected chi connectivity index (χ2v) is 5.16. The lowest BCUT2D eigenvalue weighted by Gasteiger charge is -2.09. The fraction of sp³-hybridized carbons (Fsp3) is 0.133. The maximum Gasteiger partial charge on any atom is 0.416 e. The van der Waals surface area contributed by atoms with E-state index in [1.54, 1.807) is 16.8 Å². The van der Waals surface area contributed by atoms with E-state index >= 15 is 0 Å². The minimum absolute atomic E-state index is 0.209. The van der Waals surface area contributed by atoms with Crippen molar-refractivity contribution in [2.45, 2.75) is 12.7 Å². The summed E-state index contributed by atoms with van der Waals surface area (Å²) < 4.78 is 52.8. The third-order valence-corrected chi connectivity index (χ3v) is 3.56. The molecule has 0 saturated heterocycles. The molecule has 1 aromatic carbocycles. The van der Waals surface area contributed by atoms with Gasteiger partial charge in [0.05, 0.1) is 16.6 Å². The first-order chi connectivity index (χ1) is 10.3. The van der Waals surface area contributed by atoms with Crippen LogP contribution in [-0.2, 0) is 12.7 Å². The molecule has 114 valence electrons. The Morgan fingerprint density at radius 3 is 2.41 bits per heavy atom. The van der Waals surface area contributed by atoms with Crippen molar-refractivity contribution in [3.63, 3.8) is 0 Å². The maximum absolute atomic E-state index is 13.5. The minimum Gasteiger partial charge on any atom is -0.342 e. The molecule has 2 nitrogen and oxygen atoms in total. The molecule has 0 N–H and O–H groups in total. The number of rotatable bonds is 2. The number of hydrogen-bond donors (Lipinski definition) is 0. The minimum atomic E-state index is -4.36. The summed E-state index contributed by atoms with van der Waals surface area (Å²) in [5.41, 5.74) is 1.02. The van der Waals surface area contributed by atoms with Gasteiger partial charge in [-0.05, 0) is 23.8 Å². The van der Waals surface area contributed by atoms with Crippen molar-refractivity contribution in [1.82, 2.24) is 9.55 Å². The molecule has 7 heteroatoms. The SMILES string of the molecule is Fc1cc2c(ccn2Cc2ccc(C(F)(F)F)cc2)nc1Cl. The van der Waals surface area contributed by atoms with Crippen LogP contribution in [0, 0.1) is 5.82 Å². The molecule has 0 aliphatic carbocycles. The Kier molecular flexibility index (Phi) is 3.56. The van der Waals surface area contributed by atoms with Crippen LogP contribution in [0.3, 0.4) is 0 Å². The Bertz CT molecular complexity index is 822. The largest absolute Gasteiger partial charge is 0.416 e. The molecule has 3 rings (SSSR count). The summed E-state index contributed by atoms with van der Waals surface area (Å²) in [4.78, 5) is 3.90. The Labute approximate surface area is 128 Å². The highest BCUT2D eigenvalue weighted by molar-refractivity contribution is 6.29. The molecule has 3 aromatic rings. The lowest BCUT2D eigenvalue weighted by atomic mass is 10.1. The lowest BCUT2D eigenvalue weighted by molar-refractivity contribution is -0.137. The third-order valence-electron chi connectivity index (χ3n) is 3.30. The van der Waals surface area contributed by atoms with Crippen molar-refractivity contribution in [3.05, 3.63) is 64.7 Å². The molecule has 2 aromatic heterocycles. The van der Waals surface area contributed by atoms with Crippen LogP contribution >= 0.6 is 11.6 Å². The van der Waals surface area contributed by atoms with Gasteiger partial charge < -0.3 is 4.57 Å². The second-order valence-electron chi connectivity index (χ2n) is 4.80. The van der Waals surface area contributed by atoms with Crippen LogP contribution in [0.2, 0.25) is 5.15 Å². The number of nitrogens with zero attached hydrogens (tertiary/aromatic N) is 2. The van der Waals surface area contributed by atoms with Gasteiger partial charge in [0.25, 0.3) is 0 Å². The summed E-state index contributed by atoms with van der Waals surface area (Å²) in [6.07, 6.45) is -2.67. The summed E-state index contributed by atoms with van der Waals surface area (Å²) in [5, 5.41) is -0.209. The normalized spacial score (nSPS) is 12.0. The summed E-state index contributed by atoms with van der Waals surface area (Å²) in [6, 6.07) is 7.77.